The predicted molar refractivity (Wildman–Crippen MR) is 54.1 cm³/mol. The zero-order chi connectivity index (χ0) is 9.90. The fourth-order valence-electron chi connectivity index (χ4n) is 1.04. The maximum Gasteiger partial charge on any atom is 0.152 e. The van der Waals surface area contributed by atoms with Gasteiger partial charge in [0.15, 0.2) is 5.60 Å². The van der Waals surface area contributed by atoms with E-state index in [9.17, 15) is 5.11 Å². The highest BCUT2D eigenvalue weighted by Gasteiger charge is 2.19. The lowest BCUT2D eigenvalue weighted by Gasteiger charge is -2.13. The van der Waals surface area contributed by atoms with Crippen molar-refractivity contribution in [2.24, 2.45) is 0 Å². The van der Waals surface area contributed by atoms with Crippen LogP contribution >= 0.6 is 15.9 Å². The Labute approximate surface area is 85.9 Å². The molecule has 0 aliphatic heterocycles. The summed E-state index contributed by atoms with van der Waals surface area (Å²) in [4.78, 5) is 0. The van der Waals surface area contributed by atoms with Gasteiger partial charge in [-0.05, 0) is 24.6 Å². The zero-order valence-electron chi connectivity index (χ0n) is 7.29. The van der Waals surface area contributed by atoms with Gasteiger partial charge < -0.3 is 5.11 Å². The second kappa shape index (κ2) is 3.91. The summed E-state index contributed by atoms with van der Waals surface area (Å²) in [6, 6.07) is 9.40. The fraction of sp³-hybridized carbons (Fsp3) is 0.300. The molecule has 0 aromatic heterocycles. The van der Waals surface area contributed by atoms with Crippen LogP contribution in [0.1, 0.15) is 12.5 Å². The number of halogens is 1. The Kier molecular flexibility index (Phi) is 3.07. The summed E-state index contributed by atoms with van der Waals surface area (Å²) in [5.74, 6) is 0. The first-order valence-corrected chi connectivity index (χ1v) is 4.71. The minimum Gasteiger partial charge on any atom is -0.375 e. The van der Waals surface area contributed by atoms with Crippen molar-refractivity contribution in [3.8, 4) is 6.07 Å². The van der Waals surface area contributed by atoms with E-state index in [1.807, 2.05) is 30.3 Å². The van der Waals surface area contributed by atoms with Gasteiger partial charge >= 0.3 is 0 Å². The molecule has 1 atom stereocenters. The Morgan fingerprint density at radius 1 is 1.46 bits per heavy atom. The number of nitrogens with zero attached hydrogens (tertiary/aromatic N) is 1. The second-order valence-electron chi connectivity index (χ2n) is 3.19. The molecule has 0 saturated heterocycles. The Balaban J connectivity index is 2.77. The van der Waals surface area contributed by atoms with Crippen molar-refractivity contribution in [2.45, 2.75) is 18.9 Å². The smallest absolute Gasteiger partial charge is 0.152 e. The number of hydrogen-bond donors (Lipinski definition) is 1. The van der Waals surface area contributed by atoms with E-state index in [1.54, 1.807) is 0 Å². The third-order valence-electron chi connectivity index (χ3n) is 1.70. The molecule has 0 aliphatic rings. The van der Waals surface area contributed by atoms with Gasteiger partial charge in [0, 0.05) is 10.9 Å². The maximum atomic E-state index is 9.47. The molecule has 13 heavy (non-hydrogen) atoms. The van der Waals surface area contributed by atoms with Gasteiger partial charge in [-0.1, -0.05) is 28.1 Å². The fourth-order valence-corrected chi connectivity index (χ4v) is 1.30. The molecular formula is C10H10BrNO. The van der Waals surface area contributed by atoms with Crippen LogP contribution in [0.4, 0.5) is 0 Å². The molecule has 0 aliphatic carbocycles. The summed E-state index contributed by atoms with van der Waals surface area (Å²) in [6.07, 6.45) is 0.358. The number of aliphatic hydroxyl groups is 1. The standard InChI is InChI=1S/C10H10BrNO/c1-10(13,7-12)6-8-2-4-9(11)5-3-8/h2-5,13H,6H2,1H3. The summed E-state index contributed by atoms with van der Waals surface area (Å²) < 4.78 is 0.993. The molecule has 1 aromatic rings. The summed E-state index contributed by atoms with van der Waals surface area (Å²) >= 11 is 3.31. The van der Waals surface area contributed by atoms with Gasteiger partial charge in [-0.15, -0.1) is 0 Å². The molecule has 0 spiro atoms. The molecule has 68 valence electrons. The Hall–Kier alpha value is -0.850. The first-order chi connectivity index (χ1) is 6.03. The minimum atomic E-state index is -1.27. The zero-order valence-corrected chi connectivity index (χ0v) is 8.87. The molecule has 0 saturated carbocycles. The predicted octanol–water partition coefficient (Wildman–Crippen LogP) is 2.27. The molecule has 2 nitrogen and oxygen atoms in total. The second-order valence-corrected chi connectivity index (χ2v) is 4.10. The van der Waals surface area contributed by atoms with E-state index in [0.29, 0.717) is 6.42 Å². The summed E-state index contributed by atoms with van der Waals surface area (Å²) in [5, 5.41) is 18.1. The molecule has 1 unspecified atom stereocenters. The number of rotatable bonds is 2. The molecular weight excluding hydrogens is 230 g/mol. The van der Waals surface area contributed by atoms with Gasteiger partial charge in [0.25, 0.3) is 0 Å². The van der Waals surface area contributed by atoms with Crippen LogP contribution in [0.25, 0.3) is 0 Å². The first-order valence-electron chi connectivity index (χ1n) is 3.91. The molecule has 3 heteroatoms. The van der Waals surface area contributed by atoms with Gasteiger partial charge in [0.2, 0.25) is 0 Å². The molecule has 1 aromatic carbocycles. The monoisotopic (exact) mass is 239 g/mol. The molecule has 0 heterocycles. The van der Waals surface area contributed by atoms with Crippen molar-refractivity contribution in [3.05, 3.63) is 34.3 Å². The van der Waals surface area contributed by atoms with Crippen LogP contribution in [-0.2, 0) is 6.42 Å². The maximum absolute atomic E-state index is 9.47. The van der Waals surface area contributed by atoms with E-state index >= 15 is 0 Å². The van der Waals surface area contributed by atoms with Gasteiger partial charge in [-0.2, -0.15) is 5.26 Å². The molecule has 0 bridgehead atoms. The van der Waals surface area contributed by atoms with E-state index in [-0.39, 0.29) is 0 Å². The quantitative estimate of drug-likeness (QED) is 0.806. The average molecular weight is 240 g/mol. The van der Waals surface area contributed by atoms with Crippen LogP contribution < -0.4 is 0 Å². The first kappa shape index (κ1) is 10.2. The highest BCUT2D eigenvalue weighted by atomic mass is 79.9. The molecule has 1 N–H and O–H groups in total. The third kappa shape index (κ3) is 3.17. The number of benzene rings is 1. The van der Waals surface area contributed by atoms with Crippen LogP contribution in [0, 0.1) is 11.3 Å². The Morgan fingerprint density at radius 2 is 2.00 bits per heavy atom. The van der Waals surface area contributed by atoms with Crippen LogP contribution in [0.15, 0.2) is 28.7 Å². The summed E-state index contributed by atoms with van der Waals surface area (Å²) in [5.41, 5.74) is -0.317. The highest BCUT2D eigenvalue weighted by Crippen LogP contribution is 2.15. The van der Waals surface area contributed by atoms with Crippen LogP contribution in [-0.4, -0.2) is 10.7 Å². The van der Waals surface area contributed by atoms with E-state index in [4.69, 9.17) is 5.26 Å². The lowest BCUT2D eigenvalue weighted by molar-refractivity contribution is 0.120. The Morgan fingerprint density at radius 3 is 2.46 bits per heavy atom. The van der Waals surface area contributed by atoms with Crippen molar-refractivity contribution in [1.82, 2.24) is 0 Å². The van der Waals surface area contributed by atoms with Gasteiger partial charge in [0.05, 0.1) is 6.07 Å². The third-order valence-corrected chi connectivity index (χ3v) is 2.23. The molecule has 0 radical (unpaired) electrons. The van der Waals surface area contributed by atoms with Crippen LogP contribution in [0.5, 0.6) is 0 Å². The Bertz CT molecular complexity index is 324. The van der Waals surface area contributed by atoms with E-state index in [0.717, 1.165) is 10.0 Å². The van der Waals surface area contributed by atoms with E-state index in [1.165, 1.54) is 6.92 Å². The molecule has 0 amide bonds. The summed E-state index contributed by atoms with van der Waals surface area (Å²) in [6.45, 7) is 1.51. The van der Waals surface area contributed by atoms with Gasteiger partial charge in [-0.25, -0.2) is 0 Å². The van der Waals surface area contributed by atoms with Crippen molar-refractivity contribution >= 4 is 15.9 Å². The van der Waals surface area contributed by atoms with Crippen molar-refractivity contribution in [1.29, 1.82) is 5.26 Å². The van der Waals surface area contributed by atoms with E-state index < -0.39 is 5.60 Å². The SMILES string of the molecule is CC(O)(C#N)Cc1ccc(Br)cc1. The molecule has 0 fully saturated rings. The molecule has 1 rings (SSSR count). The van der Waals surface area contributed by atoms with Crippen molar-refractivity contribution in [3.63, 3.8) is 0 Å². The minimum absolute atomic E-state index is 0.358. The highest BCUT2D eigenvalue weighted by molar-refractivity contribution is 9.10. The number of hydrogen-bond acceptors (Lipinski definition) is 2. The van der Waals surface area contributed by atoms with Crippen LogP contribution in [0.3, 0.4) is 0 Å². The normalized spacial score (nSPS) is 14.6. The van der Waals surface area contributed by atoms with Gasteiger partial charge in [-0.3, -0.25) is 0 Å². The van der Waals surface area contributed by atoms with Crippen molar-refractivity contribution in [2.75, 3.05) is 0 Å². The van der Waals surface area contributed by atoms with Crippen LogP contribution in [0.2, 0.25) is 0 Å². The summed E-state index contributed by atoms with van der Waals surface area (Å²) in [7, 11) is 0. The lowest BCUT2D eigenvalue weighted by atomic mass is 9.98. The largest absolute Gasteiger partial charge is 0.375 e. The average Bonchev–Trinajstić information content (AvgIpc) is 2.09. The van der Waals surface area contributed by atoms with Gasteiger partial charge in [0.1, 0.15) is 0 Å². The van der Waals surface area contributed by atoms with Crippen molar-refractivity contribution < 1.29 is 5.11 Å². The topological polar surface area (TPSA) is 44.0 Å². The van der Waals surface area contributed by atoms with E-state index in [2.05, 4.69) is 15.9 Å². The number of nitriles is 1. The lowest BCUT2D eigenvalue weighted by Crippen LogP contribution is -2.24.